The van der Waals surface area contributed by atoms with Crippen LogP contribution >= 0.6 is 0 Å². The Morgan fingerprint density at radius 1 is 1.23 bits per heavy atom. The fourth-order valence-corrected chi connectivity index (χ4v) is 6.09. The van der Waals surface area contributed by atoms with Crippen LogP contribution in [0.3, 0.4) is 0 Å². The number of aryl methyl sites for hydroxylation is 1. The fourth-order valence-electron chi connectivity index (χ4n) is 6.09. The molecule has 0 amide bonds. The average molecular weight is 489 g/mol. The van der Waals surface area contributed by atoms with Crippen molar-refractivity contribution in [3.8, 4) is 0 Å². The summed E-state index contributed by atoms with van der Waals surface area (Å²) in [6.45, 7) is 7.93. The van der Waals surface area contributed by atoms with Crippen molar-refractivity contribution in [3.05, 3.63) is 41.7 Å². The predicted molar refractivity (Wildman–Crippen MR) is 127 cm³/mol. The van der Waals surface area contributed by atoms with Gasteiger partial charge in [-0.25, -0.2) is 0 Å². The maximum atomic E-state index is 13.5. The van der Waals surface area contributed by atoms with Crippen LogP contribution < -0.4 is 5.43 Å². The molecule has 10 heteroatoms. The van der Waals surface area contributed by atoms with Crippen LogP contribution in [0.5, 0.6) is 0 Å². The molecule has 0 saturated carbocycles. The minimum Gasteiger partial charge on any atom is -0.297 e. The summed E-state index contributed by atoms with van der Waals surface area (Å²) >= 11 is 0. The topological polar surface area (TPSA) is 73.2 Å². The molecule has 4 unspecified atom stereocenters. The molecule has 1 fully saturated rings. The molecule has 188 valence electrons. The molecular formula is C25H31F3N6O. The van der Waals surface area contributed by atoms with E-state index in [1.165, 1.54) is 4.90 Å². The molecule has 1 saturated heterocycles. The summed E-state index contributed by atoms with van der Waals surface area (Å²) in [7, 11) is 0. The summed E-state index contributed by atoms with van der Waals surface area (Å²) in [6, 6.07) is 2.96. The van der Waals surface area contributed by atoms with E-state index in [0.717, 1.165) is 11.3 Å². The number of hydrogen-bond acceptors (Lipinski definition) is 7. The van der Waals surface area contributed by atoms with Crippen LogP contribution in [0.15, 0.2) is 40.6 Å². The van der Waals surface area contributed by atoms with Gasteiger partial charge < -0.3 is 0 Å². The minimum atomic E-state index is -4.27. The number of hydrazone groups is 1. The van der Waals surface area contributed by atoms with Crippen molar-refractivity contribution in [2.45, 2.75) is 57.9 Å². The Bertz CT molecular complexity index is 1120. The number of aliphatic imine (C=N–C) groups is 1. The SMILES string of the molecule is Cc1cc(C2=NNC34C=CCC(=O)C3N(C3CN(CC(F)(F)F)CC3C(C)(C)C)CN=C24)ccn1. The Balaban J connectivity index is 1.53. The van der Waals surface area contributed by atoms with E-state index in [2.05, 4.69) is 36.3 Å². The van der Waals surface area contributed by atoms with Gasteiger partial charge in [-0.05, 0) is 30.4 Å². The third-order valence-electron chi connectivity index (χ3n) is 7.60. The second-order valence-corrected chi connectivity index (χ2v) is 11.1. The third-order valence-corrected chi connectivity index (χ3v) is 7.60. The van der Waals surface area contributed by atoms with E-state index in [1.807, 2.05) is 36.1 Å². The predicted octanol–water partition coefficient (Wildman–Crippen LogP) is 2.96. The number of halogens is 3. The zero-order valence-corrected chi connectivity index (χ0v) is 20.4. The molecule has 7 nitrogen and oxygen atoms in total. The maximum absolute atomic E-state index is 13.5. The first-order valence-electron chi connectivity index (χ1n) is 12.0. The summed E-state index contributed by atoms with van der Waals surface area (Å²) in [4.78, 5) is 26.1. The number of pyridine rings is 1. The third kappa shape index (κ3) is 4.20. The van der Waals surface area contributed by atoms with Crippen LogP contribution in [0.2, 0.25) is 0 Å². The van der Waals surface area contributed by atoms with Crippen LogP contribution in [-0.2, 0) is 4.79 Å². The van der Waals surface area contributed by atoms with Gasteiger partial charge in [0.2, 0.25) is 0 Å². The summed E-state index contributed by atoms with van der Waals surface area (Å²) in [5, 5.41) is 4.61. The quantitative estimate of drug-likeness (QED) is 0.663. The number of nitrogens with zero attached hydrogens (tertiary/aromatic N) is 5. The van der Waals surface area contributed by atoms with Gasteiger partial charge in [0, 0.05) is 43.0 Å². The molecule has 4 atom stereocenters. The van der Waals surface area contributed by atoms with Crippen molar-refractivity contribution < 1.29 is 18.0 Å². The molecule has 1 N–H and O–H groups in total. The Kier molecular flexibility index (Phi) is 5.67. The van der Waals surface area contributed by atoms with Gasteiger partial charge in [-0.1, -0.05) is 32.9 Å². The van der Waals surface area contributed by atoms with Crippen molar-refractivity contribution in [1.82, 2.24) is 20.2 Å². The van der Waals surface area contributed by atoms with Crippen molar-refractivity contribution in [1.29, 1.82) is 0 Å². The maximum Gasteiger partial charge on any atom is 0.401 e. The van der Waals surface area contributed by atoms with Gasteiger partial charge in [-0.2, -0.15) is 18.3 Å². The van der Waals surface area contributed by atoms with Crippen molar-refractivity contribution in [2.75, 3.05) is 26.3 Å². The molecule has 1 aromatic heterocycles. The van der Waals surface area contributed by atoms with E-state index < -0.39 is 24.3 Å². The summed E-state index contributed by atoms with van der Waals surface area (Å²) in [6.07, 6.45) is 1.53. The van der Waals surface area contributed by atoms with Crippen LogP contribution in [0.25, 0.3) is 0 Å². The molecule has 3 aliphatic heterocycles. The Morgan fingerprint density at radius 3 is 2.69 bits per heavy atom. The van der Waals surface area contributed by atoms with Gasteiger partial charge in [-0.3, -0.25) is 30.0 Å². The molecule has 1 spiro atoms. The molecule has 1 aromatic rings. The van der Waals surface area contributed by atoms with E-state index >= 15 is 0 Å². The molecule has 35 heavy (non-hydrogen) atoms. The molecule has 4 aliphatic rings. The molecular weight excluding hydrogens is 457 g/mol. The number of allylic oxidation sites excluding steroid dienone is 1. The van der Waals surface area contributed by atoms with Crippen molar-refractivity contribution in [2.24, 2.45) is 21.4 Å². The van der Waals surface area contributed by atoms with Gasteiger partial charge in [0.05, 0.1) is 18.9 Å². The lowest BCUT2D eigenvalue weighted by atomic mass is 9.72. The molecule has 4 heterocycles. The number of nitrogens with one attached hydrogen (secondary N) is 1. The van der Waals surface area contributed by atoms with Crippen LogP contribution in [0.1, 0.15) is 38.4 Å². The van der Waals surface area contributed by atoms with Crippen LogP contribution in [0.4, 0.5) is 13.2 Å². The molecule has 1 aliphatic carbocycles. The van der Waals surface area contributed by atoms with Crippen LogP contribution in [-0.4, -0.2) is 82.1 Å². The zero-order valence-electron chi connectivity index (χ0n) is 20.4. The average Bonchev–Trinajstić information content (AvgIpc) is 3.33. The normalized spacial score (nSPS) is 31.6. The first kappa shape index (κ1) is 24.1. The van der Waals surface area contributed by atoms with E-state index in [4.69, 9.17) is 4.99 Å². The van der Waals surface area contributed by atoms with Gasteiger partial charge in [0.15, 0.2) is 5.78 Å². The lowest BCUT2D eigenvalue weighted by Gasteiger charge is -2.49. The first-order chi connectivity index (χ1) is 16.4. The monoisotopic (exact) mass is 488 g/mol. The van der Waals surface area contributed by atoms with Gasteiger partial charge in [0.1, 0.15) is 17.3 Å². The van der Waals surface area contributed by atoms with E-state index in [1.54, 1.807) is 6.20 Å². The van der Waals surface area contributed by atoms with E-state index in [9.17, 15) is 18.0 Å². The number of aromatic nitrogens is 1. The lowest BCUT2D eigenvalue weighted by Crippen LogP contribution is -2.70. The smallest absolute Gasteiger partial charge is 0.297 e. The molecule has 5 rings (SSSR count). The number of alkyl halides is 3. The highest BCUT2D eigenvalue weighted by Crippen LogP contribution is 2.42. The van der Waals surface area contributed by atoms with Gasteiger partial charge >= 0.3 is 6.18 Å². The first-order valence-corrected chi connectivity index (χ1v) is 12.0. The second kappa shape index (κ2) is 8.23. The number of Topliss-reactive ketones (excluding diaryl/α,β-unsaturated/α-hetero) is 1. The minimum absolute atomic E-state index is 0.0247. The Labute approximate surface area is 203 Å². The number of hydrogen-bond donors (Lipinski definition) is 1. The number of rotatable bonds is 3. The number of carbonyl (C=O) groups excluding carboxylic acids is 1. The van der Waals surface area contributed by atoms with Gasteiger partial charge in [0.25, 0.3) is 0 Å². The van der Waals surface area contributed by atoms with Crippen molar-refractivity contribution >= 4 is 17.2 Å². The van der Waals surface area contributed by atoms with E-state index in [-0.39, 0.29) is 42.8 Å². The zero-order chi connectivity index (χ0) is 25.2. The number of carbonyl (C=O) groups is 1. The molecule has 0 aromatic carbocycles. The van der Waals surface area contributed by atoms with Crippen molar-refractivity contribution in [3.63, 3.8) is 0 Å². The number of likely N-dealkylation sites (tertiary alicyclic amines) is 1. The fraction of sp³-hybridized carbons (Fsp3) is 0.600. The number of ketones is 1. The molecule has 0 radical (unpaired) electrons. The highest BCUT2D eigenvalue weighted by atomic mass is 19.4. The summed E-state index contributed by atoms with van der Waals surface area (Å²) < 4.78 is 39.8. The Hall–Kier alpha value is -2.59. The highest BCUT2D eigenvalue weighted by molar-refractivity contribution is 6.53. The summed E-state index contributed by atoms with van der Waals surface area (Å²) in [5.41, 5.74) is 5.14. The largest absolute Gasteiger partial charge is 0.401 e. The van der Waals surface area contributed by atoms with Gasteiger partial charge in [-0.15, -0.1) is 0 Å². The van der Waals surface area contributed by atoms with E-state index in [0.29, 0.717) is 18.0 Å². The molecule has 0 bridgehead atoms. The second-order valence-electron chi connectivity index (χ2n) is 11.1. The summed E-state index contributed by atoms with van der Waals surface area (Å²) in [5.74, 6) is -0.0290. The lowest BCUT2D eigenvalue weighted by molar-refractivity contribution is -0.144. The van der Waals surface area contributed by atoms with Crippen LogP contribution in [0, 0.1) is 18.3 Å². The highest BCUT2D eigenvalue weighted by Gasteiger charge is 2.59. The standard InChI is InChI=1S/C25H31F3N6O/c1-15-10-16(7-9-29-15)20-21-24(32-31-20)8-5-6-19(35)22(24)34(14-30-21)18-12-33(13-25(26,27)28)11-17(18)23(2,3)4/h5,7-10,17-18,22,32H,6,11-14H2,1-4H3. The Morgan fingerprint density at radius 2 is 2.00 bits per heavy atom.